The summed E-state index contributed by atoms with van der Waals surface area (Å²) in [5.41, 5.74) is 0. The normalized spacial score (nSPS) is 13.0. The van der Waals surface area contributed by atoms with Gasteiger partial charge in [-0.15, -0.1) is 0 Å². The number of aryl methyl sites for hydroxylation is 1. The molecule has 15 heavy (non-hydrogen) atoms. The third kappa shape index (κ3) is 3.49. The van der Waals surface area contributed by atoms with E-state index in [1.54, 1.807) is 25.0 Å². The molecule has 0 radical (unpaired) electrons. The predicted molar refractivity (Wildman–Crippen MR) is 52.9 cm³/mol. The average Bonchev–Trinajstić information content (AvgIpc) is 2.61. The van der Waals surface area contributed by atoms with Gasteiger partial charge in [-0.3, -0.25) is 10.1 Å². The zero-order valence-electron chi connectivity index (χ0n) is 8.64. The second-order valence-electron chi connectivity index (χ2n) is 3.09. The van der Waals surface area contributed by atoms with Crippen molar-refractivity contribution >= 4 is 5.90 Å². The van der Waals surface area contributed by atoms with Gasteiger partial charge in [-0.25, -0.2) is 9.37 Å². The van der Waals surface area contributed by atoms with Crippen LogP contribution in [-0.2, 0) is 18.4 Å². The first kappa shape index (κ1) is 11.4. The third-order valence-electron chi connectivity index (χ3n) is 1.78. The van der Waals surface area contributed by atoms with Crippen LogP contribution in [0.25, 0.3) is 0 Å². The van der Waals surface area contributed by atoms with Gasteiger partial charge in [0.05, 0.1) is 12.2 Å². The van der Waals surface area contributed by atoms with E-state index in [2.05, 4.69) is 10.1 Å². The van der Waals surface area contributed by atoms with Gasteiger partial charge in [0, 0.05) is 7.05 Å². The molecule has 82 valence electrons. The minimum atomic E-state index is -0.376. The Bertz CT molecular complexity index is 361. The van der Waals surface area contributed by atoms with Crippen LogP contribution in [-0.4, -0.2) is 20.7 Å². The molecule has 0 aliphatic rings. The Hall–Kier alpha value is -1.72. The maximum Gasteiger partial charge on any atom is 0.188 e. The quantitative estimate of drug-likeness (QED) is 0.606. The van der Waals surface area contributed by atoms with Gasteiger partial charge in [0.1, 0.15) is 6.33 Å². The first-order valence-corrected chi connectivity index (χ1v) is 4.46. The molecule has 1 aromatic heterocycles. The Morgan fingerprint density at radius 2 is 2.53 bits per heavy atom. The summed E-state index contributed by atoms with van der Waals surface area (Å²) in [6.07, 6.45) is 3.20. The molecule has 1 aromatic rings. The van der Waals surface area contributed by atoms with Gasteiger partial charge in [-0.2, -0.15) is 5.10 Å². The molecule has 5 nitrogen and oxygen atoms in total. The molecule has 1 heterocycles. The molecule has 0 saturated carbocycles. The lowest BCUT2D eigenvalue weighted by molar-refractivity contribution is 0.264. The summed E-state index contributed by atoms with van der Waals surface area (Å²) < 4.78 is 18.4. The van der Waals surface area contributed by atoms with Crippen LogP contribution in [0, 0.1) is 11.3 Å². The zero-order valence-corrected chi connectivity index (χ0v) is 8.64. The van der Waals surface area contributed by atoms with E-state index < -0.39 is 0 Å². The number of halogens is 1. The Balaban J connectivity index is 2.40. The van der Waals surface area contributed by atoms with Crippen molar-refractivity contribution in [1.82, 2.24) is 14.8 Å². The first-order chi connectivity index (χ1) is 7.13. The Morgan fingerprint density at radius 3 is 3.07 bits per heavy atom. The molecule has 0 aliphatic heterocycles. The van der Waals surface area contributed by atoms with Crippen LogP contribution in [0.3, 0.4) is 0 Å². The van der Waals surface area contributed by atoms with Crippen LogP contribution in [0.1, 0.15) is 12.7 Å². The highest BCUT2D eigenvalue weighted by Crippen LogP contribution is 2.03. The molecule has 0 bridgehead atoms. The molecule has 1 atom stereocenters. The summed E-state index contributed by atoms with van der Waals surface area (Å²) in [6.45, 7) is 1.80. The van der Waals surface area contributed by atoms with Gasteiger partial charge < -0.3 is 4.74 Å². The second-order valence-corrected chi connectivity index (χ2v) is 3.09. The van der Waals surface area contributed by atoms with Crippen molar-refractivity contribution in [2.75, 3.05) is 0 Å². The first-order valence-electron chi connectivity index (χ1n) is 4.46. The fourth-order valence-electron chi connectivity index (χ4n) is 0.920. The molecule has 0 aromatic carbocycles. The van der Waals surface area contributed by atoms with E-state index in [4.69, 9.17) is 10.1 Å². The zero-order chi connectivity index (χ0) is 11.3. The van der Waals surface area contributed by atoms with Gasteiger partial charge in [0.25, 0.3) is 0 Å². The number of nitrogens with one attached hydrogen (secondary N) is 1. The summed E-state index contributed by atoms with van der Waals surface area (Å²) in [7, 11) is 1.75. The van der Waals surface area contributed by atoms with Crippen LogP contribution in [0.2, 0.25) is 0 Å². The summed E-state index contributed by atoms with van der Waals surface area (Å²) in [5.74, 6) is 0.119. The van der Waals surface area contributed by atoms with Crippen LogP contribution in [0.15, 0.2) is 18.7 Å². The predicted octanol–water partition coefficient (Wildman–Crippen LogP) is 1.43. The van der Waals surface area contributed by atoms with E-state index in [1.165, 1.54) is 6.08 Å². The molecule has 1 unspecified atom stereocenters. The number of hydrogen-bond donors (Lipinski definition) is 1. The van der Waals surface area contributed by atoms with E-state index in [0.717, 1.165) is 0 Å². The van der Waals surface area contributed by atoms with Crippen LogP contribution >= 0.6 is 0 Å². The number of ether oxygens (including phenoxy) is 1. The summed E-state index contributed by atoms with van der Waals surface area (Å²) in [6, 6.07) is 0. The average molecular weight is 212 g/mol. The molecule has 1 rings (SSSR count). The highest BCUT2D eigenvalue weighted by atomic mass is 19.1. The van der Waals surface area contributed by atoms with E-state index in [0.29, 0.717) is 12.2 Å². The largest absolute Gasteiger partial charge is 0.472 e. The van der Waals surface area contributed by atoms with E-state index in [-0.39, 0.29) is 18.4 Å². The number of nitrogens with zero attached hydrogens (tertiary/aromatic N) is 3. The van der Waals surface area contributed by atoms with Crippen molar-refractivity contribution in [3.8, 4) is 0 Å². The van der Waals surface area contributed by atoms with E-state index >= 15 is 0 Å². The lowest BCUT2D eigenvalue weighted by Gasteiger charge is -2.08. The molecule has 6 heteroatoms. The Morgan fingerprint density at radius 1 is 1.80 bits per heavy atom. The molecular weight excluding hydrogens is 199 g/mol. The van der Waals surface area contributed by atoms with Crippen molar-refractivity contribution in [2.24, 2.45) is 13.0 Å². The smallest absolute Gasteiger partial charge is 0.188 e. The molecule has 0 fully saturated rings. The maximum atomic E-state index is 11.8. The van der Waals surface area contributed by atoms with Gasteiger partial charge in [-0.05, 0) is 6.08 Å². The number of hydrogen-bond acceptors (Lipinski definition) is 4. The molecule has 0 aliphatic carbocycles. The topological polar surface area (TPSA) is 63.8 Å². The van der Waals surface area contributed by atoms with Gasteiger partial charge in [0.2, 0.25) is 0 Å². The number of rotatable bonds is 4. The van der Waals surface area contributed by atoms with Crippen molar-refractivity contribution in [2.45, 2.75) is 13.5 Å². The lowest BCUT2D eigenvalue weighted by Crippen LogP contribution is -2.12. The van der Waals surface area contributed by atoms with Crippen molar-refractivity contribution in [3.63, 3.8) is 0 Å². The van der Waals surface area contributed by atoms with Gasteiger partial charge in [-0.1, -0.05) is 6.92 Å². The highest BCUT2D eigenvalue weighted by molar-refractivity contribution is 5.76. The van der Waals surface area contributed by atoms with Crippen molar-refractivity contribution < 1.29 is 9.13 Å². The standard InChI is InChI=1S/C9H13FN4O/c1-7(3-4-10)9(11)15-5-8-12-6-14(2)13-8/h3-4,6-7,11H,5H2,1-2H3/b4-3+,11-9?. The SMILES string of the molecule is CC(/C=C/F)C(=N)OCc1ncn(C)n1. The molecule has 0 spiro atoms. The third-order valence-corrected chi connectivity index (χ3v) is 1.78. The molecular formula is C9H13FN4O. The minimum absolute atomic E-state index is 0.00338. The highest BCUT2D eigenvalue weighted by Gasteiger charge is 2.08. The maximum absolute atomic E-state index is 11.8. The van der Waals surface area contributed by atoms with Crippen LogP contribution < -0.4 is 0 Å². The Kier molecular flexibility index (Phi) is 3.96. The molecule has 0 amide bonds. The van der Waals surface area contributed by atoms with Crippen molar-refractivity contribution in [1.29, 1.82) is 5.41 Å². The van der Waals surface area contributed by atoms with Crippen LogP contribution in [0.4, 0.5) is 4.39 Å². The minimum Gasteiger partial charge on any atom is -0.472 e. The molecule has 1 N–H and O–H groups in total. The fourth-order valence-corrected chi connectivity index (χ4v) is 0.920. The summed E-state index contributed by atoms with van der Waals surface area (Å²) >= 11 is 0. The van der Waals surface area contributed by atoms with Gasteiger partial charge >= 0.3 is 0 Å². The van der Waals surface area contributed by atoms with Crippen LogP contribution in [0.5, 0.6) is 0 Å². The fraction of sp³-hybridized carbons (Fsp3) is 0.444. The second kappa shape index (κ2) is 5.23. The Labute approximate surface area is 87.1 Å². The van der Waals surface area contributed by atoms with E-state index in [1.807, 2.05) is 0 Å². The summed E-state index contributed by atoms with van der Waals surface area (Å²) in [4.78, 5) is 3.93. The van der Waals surface area contributed by atoms with Gasteiger partial charge in [0.15, 0.2) is 18.3 Å². The lowest BCUT2D eigenvalue weighted by atomic mass is 10.2. The monoisotopic (exact) mass is 212 g/mol. The van der Waals surface area contributed by atoms with E-state index in [9.17, 15) is 4.39 Å². The number of aromatic nitrogens is 3. The summed E-state index contributed by atoms with van der Waals surface area (Å²) in [5, 5.41) is 11.4. The van der Waals surface area contributed by atoms with Crippen molar-refractivity contribution in [3.05, 3.63) is 24.6 Å². The molecule has 0 saturated heterocycles.